The number of benzene rings is 2. The van der Waals surface area contributed by atoms with E-state index < -0.39 is 5.82 Å². The van der Waals surface area contributed by atoms with Crippen LogP contribution >= 0.6 is 11.3 Å². The van der Waals surface area contributed by atoms with Gasteiger partial charge in [-0.3, -0.25) is 4.79 Å². The van der Waals surface area contributed by atoms with E-state index in [-0.39, 0.29) is 5.43 Å². The molecular formula is C21H12FN3OS. The zero-order chi connectivity index (χ0) is 18.4. The predicted octanol–water partition coefficient (Wildman–Crippen LogP) is 5.24. The molecule has 0 spiro atoms. The highest BCUT2D eigenvalue weighted by molar-refractivity contribution is 7.25. The standard InChI is InChI=1S/C21H12FN3OS/c22-12-8-9-16-14(11-12)19(26)18-13-5-1-2-6-15(13)24-21(20(18)27-16)25-17-7-3-4-10-23-17/h1-11H,(H,23,24,25). The Hall–Kier alpha value is -3.38. The van der Waals surface area contributed by atoms with Gasteiger partial charge in [-0.1, -0.05) is 24.3 Å². The number of aromatic nitrogens is 2. The average Bonchev–Trinajstić information content (AvgIpc) is 2.69. The highest BCUT2D eigenvalue weighted by atomic mass is 32.1. The fourth-order valence-corrected chi connectivity index (χ4v) is 4.29. The first kappa shape index (κ1) is 15.8. The van der Waals surface area contributed by atoms with E-state index in [1.807, 2.05) is 42.5 Å². The summed E-state index contributed by atoms with van der Waals surface area (Å²) in [6, 6.07) is 17.3. The lowest BCUT2D eigenvalue weighted by atomic mass is 10.1. The van der Waals surface area contributed by atoms with Gasteiger partial charge in [0.25, 0.3) is 0 Å². The number of hydrogen-bond donors (Lipinski definition) is 1. The van der Waals surface area contributed by atoms with Crippen molar-refractivity contribution in [3.05, 3.63) is 82.9 Å². The minimum atomic E-state index is -0.420. The van der Waals surface area contributed by atoms with Gasteiger partial charge < -0.3 is 5.32 Å². The molecule has 1 N–H and O–H groups in total. The first-order valence-electron chi connectivity index (χ1n) is 8.33. The van der Waals surface area contributed by atoms with E-state index >= 15 is 0 Å². The molecule has 4 nitrogen and oxygen atoms in total. The van der Waals surface area contributed by atoms with E-state index in [4.69, 9.17) is 4.98 Å². The summed E-state index contributed by atoms with van der Waals surface area (Å²) < 4.78 is 15.2. The molecule has 0 radical (unpaired) electrons. The van der Waals surface area contributed by atoms with Crippen LogP contribution in [-0.2, 0) is 0 Å². The Morgan fingerprint density at radius 2 is 1.81 bits per heavy atom. The lowest BCUT2D eigenvalue weighted by Crippen LogP contribution is -2.05. The second-order valence-corrected chi connectivity index (χ2v) is 7.15. The number of nitrogens with zero attached hydrogens (tertiary/aromatic N) is 2. The van der Waals surface area contributed by atoms with Crippen LogP contribution in [0.1, 0.15) is 0 Å². The molecule has 0 saturated carbocycles. The number of nitrogens with one attached hydrogen (secondary N) is 1. The van der Waals surface area contributed by atoms with Crippen LogP contribution in [0.4, 0.5) is 16.0 Å². The van der Waals surface area contributed by atoms with E-state index in [0.29, 0.717) is 27.9 Å². The first-order valence-corrected chi connectivity index (χ1v) is 9.15. The summed E-state index contributed by atoms with van der Waals surface area (Å²) in [5.74, 6) is 0.785. The minimum absolute atomic E-state index is 0.194. The summed E-state index contributed by atoms with van der Waals surface area (Å²) in [6.07, 6.45) is 1.69. The van der Waals surface area contributed by atoms with Gasteiger partial charge in [0.15, 0.2) is 5.43 Å². The fraction of sp³-hybridized carbons (Fsp3) is 0. The van der Waals surface area contributed by atoms with Crippen LogP contribution in [0.2, 0.25) is 0 Å². The highest BCUT2D eigenvalue weighted by Crippen LogP contribution is 2.34. The van der Waals surface area contributed by atoms with Crippen molar-refractivity contribution in [3.8, 4) is 0 Å². The van der Waals surface area contributed by atoms with Gasteiger partial charge in [-0.05, 0) is 36.4 Å². The summed E-state index contributed by atoms with van der Waals surface area (Å²) in [5, 5.41) is 4.90. The number of anilines is 2. The van der Waals surface area contributed by atoms with Crippen molar-refractivity contribution in [2.75, 3.05) is 5.32 Å². The molecule has 130 valence electrons. The maximum atomic E-state index is 13.7. The van der Waals surface area contributed by atoms with E-state index in [9.17, 15) is 9.18 Å². The van der Waals surface area contributed by atoms with Crippen LogP contribution in [0.5, 0.6) is 0 Å². The number of fused-ring (bicyclic) bond motifs is 4. The van der Waals surface area contributed by atoms with Crippen molar-refractivity contribution in [3.63, 3.8) is 0 Å². The molecule has 0 bridgehead atoms. The second-order valence-electron chi connectivity index (χ2n) is 6.09. The average molecular weight is 373 g/mol. The number of pyridine rings is 2. The van der Waals surface area contributed by atoms with Gasteiger partial charge in [0.1, 0.15) is 17.5 Å². The zero-order valence-electron chi connectivity index (χ0n) is 13.9. The first-order chi connectivity index (χ1) is 13.2. The molecule has 5 aromatic rings. The molecule has 3 heterocycles. The van der Waals surface area contributed by atoms with Gasteiger partial charge >= 0.3 is 0 Å². The van der Waals surface area contributed by atoms with E-state index in [2.05, 4.69) is 10.3 Å². The molecule has 0 aliphatic heterocycles. The molecule has 0 unspecified atom stereocenters. The minimum Gasteiger partial charge on any atom is -0.324 e. The van der Waals surface area contributed by atoms with E-state index in [1.54, 1.807) is 12.3 Å². The van der Waals surface area contributed by atoms with Crippen LogP contribution in [0.25, 0.3) is 31.1 Å². The number of rotatable bonds is 2. The lowest BCUT2D eigenvalue weighted by molar-refractivity contribution is 0.630. The number of halogens is 1. The summed E-state index contributed by atoms with van der Waals surface area (Å²) in [5.41, 5.74) is 0.504. The smallest absolute Gasteiger partial charge is 0.196 e. The molecule has 0 aliphatic rings. The molecule has 0 saturated heterocycles. The van der Waals surface area contributed by atoms with Gasteiger partial charge in [-0.25, -0.2) is 14.4 Å². The lowest BCUT2D eigenvalue weighted by Gasteiger charge is -2.11. The monoisotopic (exact) mass is 373 g/mol. The number of hydrogen-bond acceptors (Lipinski definition) is 5. The van der Waals surface area contributed by atoms with Gasteiger partial charge in [0.05, 0.1) is 15.6 Å². The van der Waals surface area contributed by atoms with Crippen molar-refractivity contribution in [1.82, 2.24) is 9.97 Å². The van der Waals surface area contributed by atoms with Crippen molar-refractivity contribution in [2.45, 2.75) is 0 Å². The van der Waals surface area contributed by atoms with Crippen LogP contribution in [0.3, 0.4) is 0 Å². The van der Waals surface area contributed by atoms with Gasteiger partial charge in [0, 0.05) is 21.7 Å². The van der Waals surface area contributed by atoms with E-state index in [1.165, 1.54) is 23.5 Å². The summed E-state index contributed by atoms with van der Waals surface area (Å²) in [4.78, 5) is 22.2. The largest absolute Gasteiger partial charge is 0.324 e. The van der Waals surface area contributed by atoms with Crippen LogP contribution in [-0.4, -0.2) is 9.97 Å². The second kappa shape index (κ2) is 6.10. The van der Waals surface area contributed by atoms with Gasteiger partial charge in [0.2, 0.25) is 0 Å². The third-order valence-corrected chi connectivity index (χ3v) is 5.56. The van der Waals surface area contributed by atoms with Gasteiger partial charge in [-0.2, -0.15) is 0 Å². The highest BCUT2D eigenvalue weighted by Gasteiger charge is 2.15. The Kier molecular flexibility index (Phi) is 3.58. The molecule has 2 aromatic carbocycles. The van der Waals surface area contributed by atoms with Crippen LogP contribution < -0.4 is 10.7 Å². The fourth-order valence-electron chi connectivity index (χ4n) is 3.18. The Morgan fingerprint density at radius 3 is 2.67 bits per heavy atom. The summed E-state index contributed by atoms with van der Waals surface area (Å²) >= 11 is 1.42. The maximum absolute atomic E-state index is 13.7. The van der Waals surface area contributed by atoms with Gasteiger partial charge in [-0.15, -0.1) is 11.3 Å². The molecule has 5 rings (SSSR count). The third-order valence-electron chi connectivity index (χ3n) is 4.38. The van der Waals surface area contributed by atoms with Crippen molar-refractivity contribution in [1.29, 1.82) is 0 Å². The topological polar surface area (TPSA) is 54.9 Å². The SMILES string of the molecule is O=c1c2cc(F)ccc2sc2c(Nc3ccccn3)nc3ccccc3c12. The molecule has 6 heteroatoms. The normalized spacial score (nSPS) is 11.3. The maximum Gasteiger partial charge on any atom is 0.196 e. The summed E-state index contributed by atoms with van der Waals surface area (Å²) in [6.45, 7) is 0. The predicted molar refractivity (Wildman–Crippen MR) is 108 cm³/mol. The third kappa shape index (κ3) is 2.62. The molecule has 3 aromatic heterocycles. The Balaban J connectivity index is 1.92. The quantitative estimate of drug-likeness (QED) is 0.340. The van der Waals surface area contributed by atoms with Crippen LogP contribution in [0, 0.1) is 5.82 Å². The number of para-hydroxylation sites is 1. The van der Waals surface area contributed by atoms with E-state index in [0.717, 1.165) is 14.8 Å². The van der Waals surface area contributed by atoms with Crippen molar-refractivity contribution in [2.24, 2.45) is 0 Å². The molecule has 0 aliphatic carbocycles. The Bertz CT molecular complexity index is 1380. The molecule has 0 fully saturated rings. The Morgan fingerprint density at radius 1 is 0.963 bits per heavy atom. The molecule has 0 atom stereocenters. The molecule has 27 heavy (non-hydrogen) atoms. The summed E-state index contributed by atoms with van der Waals surface area (Å²) in [7, 11) is 0. The molecular weight excluding hydrogens is 361 g/mol. The van der Waals surface area contributed by atoms with Crippen molar-refractivity contribution < 1.29 is 4.39 Å². The zero-order valence-corrected chi connectivity index (χ0v) is 14.8. The molecule has 0 amide bonds. The van der Waals surface area contributed by atoms with Crippen molar-refractivity contribution >= 4 is 54.0 Å². The van der Waals surface area contributed by atoms with Crippen LogP contribution in [0.15, 0.2) is 71.7 Å². The Labute approximate surface area is 157 Å².